The first-order valence-corrected chi connectivity index (χ1v) is 4.05. The molecule has 0 amide bonds. The van der Waals surface area contributed by atoms with Gasteiger partial charge in [-0.2, -0.15) is 5.26 Å². The van der Waals surface area contributed by atoms with E-state index in [1.54, 1.807) is 11.1 Å². The molecule has 14 heavy (non-hydrogen) atoms. The van der Waals surface area contributed by atoms with Crippen molar-refractivity contribution in [3.05, 3.63) is 30.2 Å². The minimum Gasteiger partial charge on any atom is -0.297 e. The fourth-order valence-corrected chi connectivity index (χ4v) is 1.04. The second-order valence-corrected chi connectivity index (χ2v) is 2.67. The number of nitriles is 1. The molecule has 2 rings (SSSR count). The molecule has 5 nitrogen and oxygen atoms in total. The summed E-state index contributed by atoms with van der Waals surface area (Å²) in [6, 6.07) is 1.97. The van der Waals surface area contributed by atoms with E-state index in [-0.39, 0.29) is 0 Å². The zero-order valence-corrected chi connectivity index (χ0v) is 7.33. The van der Waals surface area contributed by atoms with Crippen molar-refractivity contribution < 1.29 is 0 Å². The number of allylic oxidation sites excluding steroid dienone is 1. The summed E-state index contributed by atoms with van der Waals surface area (Å²) in [6.45, 7) is 0.516. The number of aliphatic imine (C=N–C) groups is 1. The summed E-state index contributed by atoms with van der Waals surface area (Å²) in [5, 5.41) is 8.56. The van der Waals surface area contributed by atoms with E-state index in [9.17, 15) is 0 Å². The van der Waals surface area contributed by atoms with E-state index in [1.165, 1.54) is 12.4 Å². The van der Waals surface area contributed by atoms with Gasteiger partial charge in [-0.3, -0.25) is 9.89 Å². The van der Waals surface area contributed by atoms with Crippen molar-refractivity contribution in [3.8, 4) is 6.07 Å². The number of hydrogen-bond donors (Lipinski definition) is 0. The summed E-state index contributed by atoms with van der Waals surface area (Å²) in [5.74, 6) is 0.553. The molecule has 1 aliphatic rings. The Labute approximate surface area is 81.0 Å². The van der Waals surface area contributed by atoms with E-state index in [1.807, 2.05) is 18.3 Å². The Bertz CT molecular complexity index is 412. The molecule has 5 heteroatoms. The number of nitrogens with zero attached hydrogens (tertiary/aromatic N) is 5. The predicted molar refractivity (Wildman–Crippen MR) is 51.7 cm³/mol. The largest absolute Gasteiger partial charge is 0.297 e. The second kappa shape index (κ2) is 3.66. The van der Waals surface area contributed by atoms with E-state index in [2.05, 4.69) is 15.0 Å². The fourth-order valence-electron chi connectivity index (χ4n) is 1.04. The molecule has 0 saturated carbocycles. The molecular weight excluding hydrogens is 178 g/mol. The van der Waals surface area contributed by atoms with Crippen LogP contribution in [-0.4, -0.2) is 22.9 Å². The van der Waals surface area contributed by atoms with E-state index in [4.69, 9.17) is 5.26 Å². The molecule has 0 N–H and O–H groups in total. The summed E-state index contributed by atoms with van der Waals surface area (Å²) in [4.78, 5) is 13.9. The molecule has 0 bridgehead atoms. The van der Waals surface area contributed by atoms with Gasteiger partial charge in [0.25, 0.3) is 0 Å². The molecule has 0 fully saturated rings. The Morgan fingerprint density at radius 2 is 2.14 bits per heavy atom. The molecule has 0 radical (unpaired) electrons. The van der Waals surface area contributed by atoms with Crippen molar-refractivity contribution in [1.82, 2.24) is 9.97 Å². The van der Waals surface area contributed by atoms with Gasteiger partial charge in [0.15, 0.2) is 0 Å². The van der Waals surface area contributed by atoms with Crippen molar-refractivity contribution in [2.45, 2.75) is 0 Å². The standard InChI is InChI=1S/C9H7N5/c10-4-8-5-12-9(13-6-8)14-3-1-2-11-7-14/h1-3,5-6H,7H2. The van der Waals surface area contributed by atoms with Crippen molar-refractivity contribution in [2.24, 2.45) is 4.99 Å². The lowest BCUT2D eigenvalue weighted by Gasteiger charge is -2.16. The zero-order valence-electron chi connectivity index (χ0n) is 7.33. The Kier molecular flexibility index (Phi) is 2.19. The van der Waals surface area contributed by atoms with E-state index < -0.39 is 0 Å². The summed E-state index contributed by atoms with van der Waals surface area (Å²) in [5.41, 5.74) is 0.457. The lowest BCUT2D eigenvalue weighted by molar-refractivity contribution is 0.908. The van der Waals surface area contributed by atoms with Crippen LogP contribution < -0.4 is 4.90 Å². The van der Waals surface area contributed by atoms with Gasteiger partial charge in [0.1, 0.15) is 12.7 Å². The Morgan fingerprint density at radius 3 is 2.71 bits per heavy atom. The molecule has 0 aromatic carbocycles. The van der Waals surface area contributed by atoms with E-state index in [0.717, 1.165) is 0 Å². The molecule has 0 unspecified atom stereocenters. The lowest BCUT2D eigenvalue weighted by Crippen LogP contribution is -2.20. The number of anilines is 1. The van der Waals surface area contributed by atoms with Gasteiger partial charge in [0, 0.05) is 12.4 Å². The number of rotatable bonds is 1. The van der Waals surface area contributed by atoms with Crippen LogP contribution in [0.3, 0.4) is 0 Å². The number of hydrogen-bond acceptors (Lipinski definition) is 5. The maximum atomic E-state index is 8.56. The molecule has 1 aliphatic heterocycles. The smallest absolute Gasteiger partial charge is 0.230 e. The summed E-state index contributed by atoms with van der Waals surface area (Å²) in [7, 11) is 0. The van der Waals surface area contributed by atoms with Gasteiger partial charge in [-0.25, -0.2) is 9.97 Å². The molecular formula is C9H7N5. The highest BCUT2D eigenvalue weighted by Gasteiger charge is 2.06. The average molecular weight is 185 g/mol. The summed E-state index contributed by atoms with van der Waals surface area (Å²) in [6.07, 6.45) is 8.36. The monoisotopic (exact) mass is 185 g/mol. The molecule has 0 aliphatic carbocycles. The van der Waals surface area contributed by atoms with Gasteiger partial charge in [-0.1, -0.05) is 0 Å². The highest BCUT2D eigenvalue weighted by Crippen LogP contribution is 2.08. The molecule has 68 valence electrons. The van der Waals surface area contributed by atoms with Crippen LogP contribution in [0.4, 0.5) is 5.95 Å². The lowest BCUT2D eigenvalue weighted by atomic mass is 10.4. The highest BCUT2D eigenvalue weighted by molar-refractivity contribution is 5.73. The van der Waals surface area contributed by atoms with Gasteiger partial charge in [0.2, 0.25) is 5.95 Å². The van der Waals surface area contributed by atoms with Crippen molar-refractivity contribution in [1.29, 1.82) is 5.26 Å². The molecule has 1 aromatic rings. The van der Waals surface area contributed by atoms with Gasteiger partial charge >= 0.3 is 0 Å². The van der Waals surface area contributed by atoms with E-state index in [0.29, 0.717) is 18.2 Å². The molecule has 0 atom stereocenters. The quantitative estimate of drug-likeness (QED) is 0.646. The topological polar surface area (TPSA) is 65.2 Å². The first kappa shape index (κ1) is 8.38. The van der Waals surface area contributed by atoms with Gasteiger partial charge in [0.05, 0.1) is 18.0 Å². The SMILES string of the molecule is N#Cc1cnc(N2C=CC=NC2)nc1. The van der Waals surface area contributed by atoms with Crippen molar-refractivity contribution in [3.63, 3.8) is 0 Å². The molecule has 1 aromatic heterocycles. The minimum atomic E-state index is 0.457. The van der Waals surface area contributed by atoms with Crippen LogP contribution in [0.5, 0.6) is 0 Å². The number of aromatic nitrogens is 2. The van der Waals surface area contributed by atoms with Crippen LogP contribution in [0.2, 0.25) is 0 Å². The third kappa shape index (κ3) is 1.59. The molecule has 2 heterocycles. The van der Waals surface area contributed by atoms with Crippen LogP contribution in [0.15, 0.2) is 29.7 Å². The summed E-state index contributed by atoms with van der Waals surface area (Å²) < 4.78 is 0. The minimum absolute atomic E-state index is 0.457. The Hall–Kier alpha value is -2.22. The maximum Gasteiger partial charge on any atom is 0.230 e. The van der Waals surface area contributed by atoms with E-state index >= 15 is 0 Å². The first-order chi connectivity index (χ1) is 6.90. The second-order valence-electron chi connectivity index (χ2n) is 2.67. The van der Waals surface area contributed by atoms with Crippen LogP contribution in [0.1, 0.15) is 5.56 Å². The van der Waals surface area contributed by atoms with Crippen LogP contribution in [0.25, 0.3) is 0 Å². The van der Waals surface area contributed by atoms with Crippen LogP contribution >= 0.6 is 0 Å². The fraction of sp³-hybridized carbons (Fsp3) is 0.111. The van der Waals surface area contributed by atoms with Crippen LogP contribution in [0, 0.1) is 11.3 Å². The van der Waals surface area contributed by atoms with Crippen molar-refractivity contribution >= 4 is 12.2 Å². The highest BCUT2D eigenvalue weighted by atomic mass is 15.3. The predicted octanol–water partition coefficient (Wildman–Crippen LogP) is 0.710. The molecule has 0 saturated heterocycles. The van der Waals surface area contributed by atoms with Crippen molar-refractivity contribution in [2.75, 3.05) is 11.6 Å². The normalized spacial score (nSPS) is 14.1. The maximum absolute atomic E-state index is 8.56. The third-order valence-electron chi connectivity index (χ3n) is 1.72. The zero-order chi connectivity index (χ0) is 9.80. The Morgan fingerprint density at radius 1 is 1.36 bits per heavy atom. The van der Waals surface area contributed by atoms with Gasteiger partial charge in [-0.05, 0) is 6.08 Å². The first-order valence-electron chi connectivity index (χ1n) is 4.05. The summed E-state index contributed by atoms with van der Waals surface area (Å²) >= 11 is 0. The van der Waals surface area contributed by atoms with Gasteiger partial charge in [-0.15, -0.1) is 0 Å². The molecule has 0 spiro atoms. The average Bonchev–Trinajstić information content (AvgIpc) is 2.30. The Balaban J connectivity index is 2.21. The third-order valence-corrected chi connectivity index (χ3v) is 1.72. The van der Waals surface area contributed by atoms with Crippen LogP contribution in [-0.2, 0) is 0 Å². The van der Waals surface area contributed by atoms with Gasteiger partial charge < -0.3 is 0 Å².